The summed E-state index contributed by atoms with van der Waals surface area (Å²) >= 11 is 0. The lowest BCUT2D eigenvalue weighted by molar-refractivity contribution is -0.143. The number of benzene rings is 1. The van der Waals surface area contributed by atoms with Gasteiger partial charge in [-0.3, -0.25) is 14.6 Å². The molecular formula is C20H20N4O5. The molecule has 1 fully saturated rings. The summed E-state index contributed by atoms with van der Waals surface area (Å²) in [6, 6.07) is 9.38. The average molecular weight is 396 g/mol. The van der Waals surface area contributed by atoms with Gasteiger partial charge in [0, 0.05) is 13.5 Å². The fourth-order valence-electron chi connectivity index (χ4n) is 3.78. The van der Waals surface area contributed by atoms with Gasteiger partial charge in [0.2, 0.25) is 0 Å². The van der Waals surface area contributed by atoms with Crippen LogP contribution < -0.4 is 10.6 Å². The normalized spacial score (nSPS) is 20.3. The van der Waals surface area contributed by atoms with Gasteiger partial charge in [-0.15, -0.1) is 0 Å². The highest BCUT2D eigenvalue weighted by Crippen LogP contribution is 2.42. The monoisotopic (exact) mass is 396 g/mol. The second-order valence-electron chi connectivity index (χ2n) is 6.84. The zero-order valence-electron chi connectivity index (χ0n) is 16.1. The Hall–Kier alpha value is -3.49. The lowest BCUT2D eigenvalue weighted by Crippen LogP contribution is -2.53. The van der Waals surface area contributed by atoms with E-state index in [1.165, 1.54) is 15.9 Å². The Morgan fingerprint density at radius 1 is 1.28 bits per heavy atom. The molecule has 0 saturated carbocycles. The van der Waals surface area contributed by atoms with Crippen molar-refractivity contribution < 1.29 is 19.1 Å². The molecule has 29 heavy (non-hydrogen) atoms. The number of hydrazone groups is 1. The van der Waals surface area contributed by atoms with E-state index in [2.05, 4.69) is 10.2 Å². The molecule has 9 heteroatoms. The summed E-state index contributed by atoms with van der Waals surface area (Å²) in [7, 11) is 1.59. The summed E-state index contributed by atoms with van der Waals surface area (Å²) in [5, 5.41) is 9.89. The SMILES string of the molecule is CCOC(=O)C1=NN(C)c2cnn(Cc3ccccc3)c(=O)c2C12CCOC2=O. The van der Waals surface area contributed by atoms with Gasteiger partial charge in [0.05, 0.1) is 37.2 Å². The molecule has 0 N–H and O–H groups in total. The summed E-state index contributed by atoms with van der Waals surface area (Å²) in [4.78, 5) is 39.0. The Labute approximate surface area is 166 Å². The molecule has 4 rings (SSSR count). The molecule has 2 aliphatic rings. The summed E-state index contributed by atoms with van der Waals surface area (Å²) in [5.74, 6) is -1.41. The third-order valence-electron chi connectivity index (χ3n) is 5.16. The molecule has 2 aromatic rings. The number of cyclic esters (lactones) is 1. The van der Waals surface area contributed by atoms with E-state index in [9.17, 15) is 14.4 Å². The molecule has 1 aromatic carbocycles. The molecule has 0 bridgehead atoms. The van der Waals surface area contributed by atoms with Crippen LogP contribution in [0.1, 0.15) is 24.5 Å². The lowest BCUT2D eigenvalue weighted by atomic mass is 9.74. The van der Waals surface area contributed by atoms with Crippen LogP contribution in [0, 0.1) is 0 Å². The quantitative estimate of drug-likeness (QED) is 0.706. The topological polar surface area (TPSA) is 103 Å². The van der Waals surface area contributed by atoms with E-state index in [-0.39, 0.29) is 37.5 Å². The maximum absolute atomic E-state index is 13.5. The molecule has 3 heterocycles. The highest BCUT2D eigenvalue weighted by atomic mass is 16.5. The van der Waals surface area contributed by atoms with E-state index in [1.807, 2.05) is 30.3 Å². The van der Waals surface area contributed by atoms with Crippen LogP contribution in [0.2, 0.25) is 0 Å². The first-order valence-electron chi connectivity index (χ1n) is 9.30. The van der Waals surface area contributed by atoms with E-state index < -0.39 is 22.9 Å². The van der Waals surface area contributed by atoms with Gasteiger partial charge in [0.25, 0.3) is 5.56 Å². The van der Waals surface area contributed by atoms with Crippen LogP contribution in [0.3, 0.4) is 0 Å². The molecule has 0 radical (unpaired) electrons. The van der Waals surface area contributed by atoms with E-state index in [4.69, 9.17) is 9.47 Å². The maximum Gasteiger partial charge on any atom is 0.356 e. The standard InChI is InChI=1S/C20H20N4O5/c1-3-28-18(26)16-20(9-10-29-19(20)27)15-14(23(2)22-16)11-21-24(17(15)25)12-13-7-5-4-6-8-13/h4-8,11H,3,9-10,12H2,1-2H3. The molecule has 1 aromatic heterocycles. The van der Waals surface area contributed by atoms with Crippen LogP contribution in [-0.2, 0) is 31.0 Å². The van der Waals surface area contributed by atoms with Crippen molar-refractivity contribution in [1.82, 2.24) is 9.78 Å². The van der Waals surface area contributed by atoms with Crippen molar-refractivity contribution >= 4 is 23.3 Å². The predicted octanol–water partition coefficient (Wildman–Crippen LogP) is 0.845. The number of fused-ring (bicyclic) bond motifs is 2. The summed E-state index contributed by atoms with van der Waals surface area (Å²) in [5.41, 5.74) is -0.793. The number of hydrogen-bond acceptors (Lipinski definition) is 8. The second kappa shape index (κ2) is 7.16. The average Bonchev–Trinajstić information content (AvgIpc) is 3.08. The van der Waals surface area contributed by atoms with Crippen LogP contribution >= 0.6 is 0 Å². The van der Waals surface area contributed by atoms with Crippen molar-refractivity contribution in [2.24, 2.45) is 5.10 Å². The number of anilines is 1. The molecule has 0 aliphatic carbocycles. The predicted molar refractivity (Wildman–Crippen MR) is 104 cm³/mol. The van der Waals surface area contributed by atoms with E-state index in [1.54, 1.807) is 14.0 Å². The molecule has 9 nitrogen and oxygen atoms in total. The third kappa shape index (κ3) is 2.89. The molecule has 1 atom stereocenters. The molecule has 2 aliphatic heterocycles. The zero-order valence-corrected chi connectivity index (χ0v) is 16.1. The first kappa shape index (κ1) is 18.9. The first-order chi connectivity index (χ1) is 14.0. The maximum atomic E-state index is 13.5. The van der Waals surface area contributed by atoms with Crippen LogP contribution in [-0.4, -0.2) is 47.7 Å². The van der Waals surface area contributed by atoms with Gasteiger partial charge in [-0.25, -0.2) is 9.48 Å². The number of rotatable bonds is 4. The Kier molecular flexibility index (Phi) is 4.65. The van der Waals surface area contributed by atoms with Gasteiger partial charge in [0.1, 0.15) is 0 Å². The molecular weight excluding hydrogens is 376 g/mol. The fourth-order valence-corrected chi connectivity index (χ4v) is 3.78. The van der Waals surface area contributed by atoms with Crippen LogP contribution in [0.25, 0.3) is 0 Å². The van der Waals surface area contributed by atoms with Crippen molar-refractivity contribution in [3.8, 4) is 0 Å². The number of ether oxygens (including phenoxy) is 2. The Balaban J connectivity index is 1.90. The van der Waals surface area contributed by atoms with Crippen molar-refractivity contribution in [3.63, 3.8) is 0 Å². The lowest BCUT2D eigenvalue weighted by Gasteiger charge is -2.34. The number of nitrogens with zero attached hydrogens (tertiary/aromatic N) is 4. The van der Waals surface area contributed by atoms with Gasteiger partial charge in [-0.2, -0.15) is 10.2 Å². The van der Waals surface area contributed by atoms with Crippen LogP contribution in [0.15, 0.2) is 46.4 Å². The molecule has 150 valence electrons. The fraction of sp³-hybridized carbons (Fsp3) is 0.350. The van der Waals surface area contributed by atoms with Crippen molar-refractivity contribution in [3.05, 3.63) is 58.0 Å². The largest absolute Gasteiger partial charge is 0.465 e. The summed E-state index contributed by atoms with van der Waals surface area (Å²) in [6.45, 7) is 2.10. The van der Waals surface area contributed by atoms with Gasteiger partial charge in [0.15, 0.2) is 11.1 Å². The smallest absolute Gasteiger partial charge is 0.356 e. The van der Waals surface area contributed by atoms with Crippen LogP contribution in [0.4, 0.5) is 5.69 Å². The highest BCUT2D eigenvalue weighted by Gasteiger charge is 2.58. The van der Waals surface area contributed by atoms with Gasteiger partial charge < -0.3 is 9.47 Å². The van der Waals surface area contributed by atoms with Crippen molar-refractivity contribution in [2.75, 3.05) is 25.3 Å². The van der Waals surface area contributed by atoms with Gasteiger partial charge >= 0.3 is 11.9 Å². The molecule has 1 spiro atoms. The zero-order chi connectivity index (χ0) is 20.6. The number of aromatic nitrogens is 2. The van der Waals surface area contributed by atoms with Crippen LogP contribution in [0.5, 0.6) is 0 Å². The summed E-state index contributed by atoms with van der Waals surface area (Å²) in [6.07, 6.45) is 1.62. The number of carbonyl (C=O) groups is 2. The number of esters is 2. The second-order valence-corrected chi connectivity index (χ2v) is 6.84. The minimum absolute atomic E-state index is 0.0842. The van der Waals surface area contributed by atoms with Crippen molar-refractivity contribution in [2.45, 2.75) is 25.3 Å². The van der Waals surface area contributed by atoms with Crippen molar-refractivity contribution in [1.29, 1.82) is 0 Å². The summed E-state index contributed by atoms with van der Waals surface area (Å²) < 4.78 is 11.6. The highest BCUT2D eigenvalue weighted by molar-refractivity contribution is 6.45. The Bertz CT molecular complexity index is 1060. The Morgan fingerprint density at radius 3 is 2.69 bits per heavy atom. The van der Waals surface area contributed by atoms with Gasteiger partial charge in [-0.1, -0.05) is 30.3 Å². The van der Waals surface area contributed by atoms with Gasteiger partial charge in [-0.05, 0) is 12.5 Å². The minimum Gasteiger partial charge on any atom is -0.465 e. The van der Waals surface area contributed by atoms with E-state index >= 15 is 0 Å². The molecule has 1 unspecified atom stereocenters. The molecule has 1 saturated heterocycles. The minimum atomic E-state index is -1.59. The number of hydrogen-bond donors (Lipinski definition) is 0. The van der Waals surface area contributed by atoms with E-state index in [0.29, 0.717) is 5.69 Å². The Morgan fingerprint density at radius 2 is 2.03 bits per heavy atom. The first-order valence-corrected chi connectivity index (χ1v) is 9.30. The molecule has 0 amide bonds. The van der Waals surface area contributed by atoms with E-state index in [0.717, 1.165) is 5.56 Å². The third-order valence-corrected chi connectivity index (χ3v) is 5.16. The number of carbonyl (C=O) groups excluding carboxylic acids is 2.